The molecule has 24 nitrogen and oxygen atoms in total. The maximum atomic E-state index is 8.62. The van der Waals surface area contributed by atoms with Crippen molar-refractivity contribution in [3.05, 3.63) is 0 Å². The van der Waals surface area contributed by atoms with Crippen molar-refractivity contribution in [2.75, 3.05) is 0 Å². The van der Waals surface area contributed by atoms with Gasteiger partial charge < -0.3 is 0 Å². The van der Waals surface area contributed by atoms with Crippen molar-refractivity contribution in [2.45, 2.75) is 0 Å². The van der Waals surface area contributed by atoms with Crippen LogP contribution in [0.5, 0.6) is 0 Å². The molecule has 34 heteroatoms. The summed E-state index contributed by atoms with van der Waals surface area (Å²) >= 11 is -34.7. The van der Waals surface area contributed by atoms with Crippen molar-refractivity contribution >= 4 is 26.2 Å². The molecule has 194 valence electrons. The van der Waals surface area contributed by atoms with Crippen LogP contribution >= 0.6 is 0 Å². The molecular formula is BiNbO24Ta8. The van der Waals surface area contributed by atoms with Crippen LogP contribution in [0.4, 0.5) is 0 Å². The zero-order valence-electron chi connectivity index (χ0n) is 14.3. The van der Waals surface area contributed by atoms with E-state index in [0.29, 0.717) is 0 Å². The molecule has 0 amide bonds. The van der Waals surface area contributed by atoms with Gasteiger partial charge in [0.1, 0.15) is 0 Å². The molecule has 0 bridgehead atoms. The van der Waals surface area contributed by atoms with Crippen molar-refractivity contribution in [3.63, 3.8) is 0 Å². The van der Waals surface area contributed by atoms with Gasteiger partial charge in [0, 0.05) is 0 Å². The van der Waals surface area contributed by atoms with Gasteiger partial charge in [0.25, 0.3) is 0 Å². The van der Waals surface area contributed by atoms with E-state index in [1.54, 1.807) is 0 Å². The molecule has 0 rings (SSSR count). The van der Waals surface area contributed by atoms with Crippen molar-refractivity contribution in [2.24, 2.45) is 0 Å². The minimum absolute atomic E-state index is 0. The average molecular weight is 2130 g/mol. The quantitative estimate of drug-likeness (QED) is 0.203. The summed E-state index contributed by atoms with van der Waals surface area (Å²) in [6, 6.07) is 0. The van der Waals surface area contributed by atoms with E-state index in [-0.39, 0.29) is 48.6 Å². The number of hydrogen-bond acceptors (Lipinski definition) is 24. The molecule has 0 fully saturated rings. The van der Waals surface area contributed by atoms with Gasteiger partial charge in [-0.1, -0.05) is 0 Å². The Morgan fingerprint density at radius 2 is 0.235 bits per heavy atom. The van der Waals surface area contributed by atoms with Gasteiger partial charge in [0.05, 0.1) is 0 Å². The summed E-state index contributed by atoms with van der Waals surface area (Å²) in [6.07, 6.45) is 0. The molecule has 34 heavy (non-hydrogen) atoms. The molecule has 0 heterocycles. The molecule has 0 aliphatic carbocycles. The van der Waals surface area contributed by atoms with Crippen molar-refractivity contribution in [1.82, 2.24) is 0 Å². The van der Waals surface area contributed by atoms with Gasteiger partial charge in [0.2, 0.25) is 0 Å². The Hall–Kier alpha value is 4.03. The molecule has 0 saturated carbocycles. The summed E-state index contributed by atoms with van der Waals surface area (Å²) < 4.78 is 207. The van der Waals surface area contributed by atoms with Crippen LogP contribution in [0.2, 0.25) is 0 Å². The fourth-order valence-corrected chi connectivity index (χ4v) is 0. The molecule has 2 radical (unpaired) electrons. The molecule has 0 N–H and O–H groups in total. The summed E-state index contributed by atoms with van der Waals surface area (Å²) in [5, 5.41) is 0. The Kier molecular flexibility index (Phi) is 119. The van der Waals surface area contributed by atoms with Gasteiger partial charge in [-0.3, -0.25) is 0 Å². The monoisotopic (exact) mass is 2130 g/mol. The molecule has 0 aromatic rings. The normalized spacial score (nSPS) is 5.88. The zero-order valence-corrected chi connectivity index (χ0v) is 45.7. The first kappa shape index (κ1) is 66.4. The molecule has 0 aromatic carbocycles. The first-order chi connectivity index (χ1) is 13.9. The average Bonchev–Trinajstić information content (AvgIpc) is 2.30. The molecule has 0 saturated heterocycles. The van der Waals surface area contributed by atoms with Crippen LogP contribution in [-0.2, 0) is 225 Å². The number of rotatable bonds is 0. The van der Waals surface area contributed by atoms with Gasteiger partial charge in [-0.15, -0.1) is 0 Å². The van der Waals surface area contributed by atoms with Gasteiger partial charge >= 0.3 is 280 Å². The molecular weight excluding hydrogens is 2130 g/mol. The van der Waals surface area contributed by atoms with Crippen molar-refractivity contribution in [3.8, 4) is 0 Å². The first-order valence-electron chi connectivity index (χ1n) is 4.38. The third kappa shape index (κ3) is 2730. The van der Waals surface area contributed by atoms with Crippen LogP contribution in [-0.4, -0.2) is 26.2 Å². The summed E-state index contributed by atoms with van der Waals surface area (Å²) in [4.78, 5) is 0. The molecule has 0 spiro atoms. The fourth-order valence-electron chi connectivity index (χ4n) is 0. The fraction of sp³-hybridized carbons (Fsp3) is 0. The zero-order chi connectivity index (χ0) is 28.6. The van der Waals surface area contributed by atoms with Crippen LogP contribution in [0.1, 0.15) is 0 Å². The summed E-state index contributed by atoms with van der Waals surface area (Å²) in [5.41, 5.74) is 0. The molecule has 0 aliphatic rings. The topological polar surface area (TPSA) is 458 Å². The standard InChI is InChI=1S/Bi.Nb.24O.8Ta/q+3;+5;;;;;;;;;;;;;;;;;8*-1;;;;;;;;. The van der Waals surface area contributed by atoms with Crippen molar-refractivity contribution < 1.29 is 254 Å². The second kappa shape index (κ2) is 61.2. The maximum absolute atomic E-state index is 8.62. The van der Waals surface area contributed by atoms with Crippen LogP contribution < -0.4 is 28.9 Å². The van der Waals surface area contributed by atoms with Gasteiger partial charge in [-0.2, -0.15) is 0 Å². The molecule has 0 unspecified atom stereocenters. The third-order valence-electron chi connectivity index (χ3n) is 0. The first-order valence-corrected chi connectivity index (χ1v) is 35.9. The van der Waals surface area contributed by atoms with Crippen LogP contribution in [0.25, 0.3) is 0 Å². The predicted octanol–water partition coefficient (Wildman–Crippen LogP) is -11.8. The predicted molar refractivity (Wildman–Crippen MR) is 16.7 cm³/mol. The van der Waals surface area contributed by atoms with E-state index in [2.05, 4.69) is 0 Å². The van der Waals surface area contributed by atoms with Gasteiger partial charge in [0.15, 0.2) is 0 Å². The van der Waals surface area contributed by atoms with Gasteiger partial charge in [-0.05, 0) is 0 Å². The Morgan fingerprint density at radius 3 is 0.235 bits per heavy atom. The van der Waals surface area contributed by atoms with E-state index in [4.69, 9.17) is 80.9 Å². The van der Waals surface area contributed by atoms with E-state index in [1.807, 2.05) is 0 Å². The molecule has 0 aromatic heterocycles. The summed E-state index contributed by atoms with van der Waals surface area (Å²) in [7, 11) is 0. The molecule has 0 aliphatic heterocycles. The number of hydrogen-bond donors (Lipinski definition) is 0. The van der Waals surface area contributed by atoms with Gasteiger partial charge in [-0.25, -0.2) is 0 Å². The second-order valence-electron chi connectivity index (χ2n) is 1.79. The SMILES string of the molecule is [Bi+3].[Nb+5].[O]=[Ta](=[O])[O-].[O]=[Ta](=[O])[O-].[O]=[Ta](=[O])[O-].[O]=[Ta](=[O])[O-].[O]=[Ta](=[O])[O-].[O]=[Ta](=[O])[O-].[O]=[Ta](=[O])[O-].[O]=[Ta](=[O])[O-]. The summed E-state index contributed by atoms with van der Waals surface area (Å²) in [5.74, 6) is 0. The second-order valence-corrected chi connectivity index (χ2v) is 14.6. The minimum atomic E-state index is -4.34. The van der Waals surface area contributed by atoms with Crippen LogP contribution in [0.15, 0.2) is 0 Å². The molecule has 0 atom stereocenters. The van der Waals surface area contributed by atoms with E-state index in [1.165, 1.54) is 0 Å². The van der Waals surface area contributed by atoms with Crippen LogP contribution in [0, 0.1) is 0 Å². The van der Waals surface area contributed by atoms with E-state index >= 15 is 0 Å². The van der Waals surface area contributed by atoms with E-state index in [0.717, 1.165) is 0 Å². The Balaban J connectivity index is -0.0000000240. The van der Waals surface area contributed by atoms with Crippen LogP contribution in [0.3, 0.4) is 0 Å². The Bertz CT molecular complexity index is 666. The van der Waals surface area contributed by atoms with E-state index < -0.39 is 150 Å². The summed E-state index contributed by atoms with van der Waals surface area (Å²) in [6.45, 7) is 0. The van der Waals surface area contributed by atoms with Crippen molar-refractivity contribution in [1.29, 1.82) is 0 Å². The van der Waals surface area contributed by atoms with E-state index in [9.17, 15) is 0 Å². The Labute approximate surface area is 274 Å². The third-order valence-corrected chi connectivity index (χ3v) is 0. The Morgan fingerprint density at radius 1 is 0.235 bits per heavy atom.